The molecule has 33 heavy (non-hydrogen) atoms. The highest BCUT2D eigenvalue weighted by molar-refractivity contribution is 9.10. The van der Waals surface area contributed by atoms with Crippen molar-refractivity contribution in [3.8, 4) is 0 Å². The van der Waals surface area contributed by atoms with Gasteiger partial charge in [0.15, 0.2) is 6.61 Å². The number of nitrogens with one attached hydrogen (secondary N) is 3. The van der Waals surface area contributed by atoms with Gasteiger partial charge in [0.05, 0.1) is 12.5 Å². The molecule has 10 nitrogen and oxygen atoms in total. The summed E-state index contributed by atoms with van der Waals surface area (Å²) >= 11 is 9.02. The highest BCUT2D eigenvalue weighted by Gasteiger charge is 2.36. The number of carbonyl (C=O) groups excluding carboxylic acids is 5. The Morgan fingerprint density at radius 3 is 2.24 bits per heavy atom. The lowest BCUT2D eigenvalue weighted by molar-refractivity contribution is -0.152. The van der Waals surface area contributed by atoms with Gasteiger partial charge in [0.2, 0.25) is 5.91 Å². The molecule has 1 aliphatic heterocycles. The van der Waals surface area contributed by atoms with Gasteiger partial charge in [-0.25, -0.2) is 0 Å². The largest absolute Gasteiger partial charge is 0.455 e. The molecule has 1 saturated heterocycles. The number of esters is 1. The molecule has 4 amide bonds. The predicted octanol–water partition coefficient (Wildman–Crippen LogP) is 1.60. The van der Waals surface area contributed by atoms with E-state index in [1.807, 2.05) is 0 Å². The Morgan fingerprint density at radius 2 is 1.58 bits per heavy atom. The molecule has 0 aromatic heterocycles. The van der Waals surface area contributed by atoms with Crippen molar-refractivity contribution in [2.45, 2.75) is 6.42 Å². The smallest absolute Gasteiger partial charge is 0.311 e. The number of hydrogen-bond donors (Lipinski definition) is 3. The van der Waals surface area contributed by atoms with Gasteiger partial charge in [-0.05, 0) is 48.5 Å². The summed E-state index contributed by atoms with van der Waals surface area (Å²) < 4.78 is 5.72. The monoisotopic (exact) mass is 536 g/mol. The highest BCUT2D eigenvalue weighted by Crippen LogP contribution is 2.18. The predicted molar refractivity (Wildman–Crippen MR) is 119 cm³/mol. The van der Waals surface area contributed by atoms with Gasteiger partial charge >= 0.3 is 5.97 Å². The maximum Gasteiger partial charge on any atom is 0.311 e. The van der Waals surface area contributed by atoms with Crippen LogP contribution in [0.4, 0.5) is 0 Å². The summed E-state index contributed by atoms with van der Waals surface area (Å²) in [4.78, 5) is 60.4. The molecular formula is C21H18BrClN4O6. The molecule has 2 aromatic rings. The lowest BCUT2D eigenvalue weighted by atomic mass is 10.1. The van der Waals surface area contributed by atoms with Crippen molar-refractivity contribution < 1.29 is 28.7 Å². The zero-order valence-corrected chi connectivity index (χ0v) is 19.3. The van der Waals surface area contributed by atoms with E-state index in [1.165, 1.54) is 24.3 Å². The second kappa shape index (κ2) is 10.9. The van der Waals surface area contributed by atoms with Gasteiger partial charge in [-0.15, -0.1) is 0 Å². The number of nitrogens with zero attached hydrogens (tertiary/aromatic N) is 1. The summed E-state index contributed by atoms with van der Waals surface area (Å²) in [6.07, 6.45) is -0.172. The minimum atomic E-state index is -0.848. The SMILES string of the molecule is O=C(COC(=O)[C@@H]1CC(=O)N(NC(=O)c2ccc(Br)cc2)C1)NNC(=O)c1ccc(Cl)cc1. The van der Waals surface area contributed by atoms with E-state index < -0.39 is 42.1 Å². The number of amides is 4. The lowest BCUT2D eigenvalue weighted by Crippen LogP contribution is -2.44. The first-order chi connectivity index (χ1) is 15.7. The van der Waals surface area contributed by atoms with Crippen molar-refractivity contribution >= 4 is 57.1 Å². The lowest BCUT2D eigenvalue weighted by Gasteiger charge is -2.17. The summed E-state index contributed by atoms with van der Waals surface area (Å²) in [7, 11) is 0. The van der Waals surface area contributed by atoms with E-state index in [9.17, 15) is 24.0 Å². The maximum absolute atomic E-state index is 12.3. The minimum absolute atomic E-state index is 0.0884. The van der Waals surface area contributed by atoms with Gasteiger partial charge < -0.3 is 4.74 Å². The molecule has 0 spiro atoms. The van der Waals surface area contributed by atoms with E-state index >= 15 is 0 Å². The fourth-order valence-corrected chi connectivity index (χ4v) is 3.24. The molecule has 2 aromatic carbocycles. The zero-order valence-electron chi connectivity index (χ0n) is 17.0. The van der Waals surface area contributed by atoms with Gasteiger partial charge in [0.1, 0.15) is 0 Å². The molecule has 0 unspecified atom stereocenters. The Hall–Kier alpha value is -3.44. The second-order valence-electron chi connectivity index (χ2n) is 6.97. The average Bonchev–Trinajstić information content (AvgIpc) is 3.16. The van der Waals surface area contributed by atoms with Crippen LogP contribution < -0.4 is 16.3 Å². The van der Waals surface area contributed by atoms with Crippen molar-refractivity contribution in [2.24, 2.45) is 5.92 Å². The Bertz CT molecular complexity index is 1080. The normalized spacial score (nSPS) is 15.0. The summed E-state index contributed by atoms with van der Waals surface area (Å²) in [6, 6.07) is 12.5. The number of carbonyl (C=O) groups is 5. The summed E-state index contributed by atoms with van der Waals surface area (Å²) in [6.45, 7) is -0.746. The van der Waals surface area contributed by atoms with Gasteiger partial charge in [-0.1, -0.05) is 27.5 Å². The van der Waals surface area contributed by atoms with Crippen LogP contribution in [0, 0.1) is 5.92 Å². The van der Waals surface area contributed by atoms with Crippen LogP contribution in [-0.4, -0.2) is 47.8 Å². The quantitative estimate of drug-likeness (QED) is 0.379. The van der Waals surface area contributed by atoms with E-state index in [4.69, 9.17) is 16.3 Å². The Labute approximate surface area is 201 Å². The molecule has 12 heteroatoms. The van der Waals surface area contributed by atoms with E-state index in [1.54, 1.807) is 24.3 Å². The number of rotatable bonds is 6. The van der Waals surface area contributed by atoms with E-state index in [-0.39, 0.29) is 18.5 Å². The fourth-order valence-electron chi connectivity index (χ4n) is 2.85. The Balaban J connectivity index is 1.42. The second-order valence-corrected chi connectivity index (χ2v) is 8.32. The molecule has 0 radical (unpaired) electrons. The van der Waals surface area contributed by atoms with Crippen LogP contribution in [0.15, 0.2) is 53.0 Å². The fraction of sp³-hybridized carbons (Fsp3) is 0.190. The molecule has 0 aliphatic carbocycles. The molecule has 1 atom stereocenters. The molecule has 0 bridgehead atoms. The summed E-state index contributed by atoms with van der Waals surface area (Å²) in [5.41, 5.74) is 7.37. The number of benzene rings is 2. The molecule has 1 aliphatic rings. The minimum Gasteiger partial charge on any atom is -0.455 e. The molecule has 0 saturated carbocycles. The average molecular weight is 538 g/mol. The van der Waals surface area contributed by atoms with Crippen molar-refractivity contribution in [3.63, 3.8) is 0 Å². The highest BCUT2D eigenvalue weighted by atomic mass is 79.9. The summed E-state index contributed by atoms with van der Waals surface area (Å²) in [5, 5.41) is 1.50. The molecular weight excluding hydrogens is 520 g/mol. The number of halogens is 2. The van der Waals surface area contributed by atoms with E-state index in [0.29, 0.717) is 10.6 Å². The number of hydrogen-bond acceptors (Lipinski definition) is 6. The van der Waals surface area contributed by atoms with Crippen LogP contribution in [-0.2, 0) is 19.1 Å². The first kappa shape index (κ1) is 24.2. The van der Waals surface area contributed by atoms with Gasteiger partial charge in [0.25, 0.3) is 17.7 Å². The van der Waals surface area contributed by atoms with Crippen molar-refractivity contribution in [2.75, 3.05) is 13.2 Å². The van der Waals surface area contributed by atoms with Crippen molar-refractivity contribution in [1.29, 1.82) is 0 Å². The molecule has 1 fully saturated rings. The molecule has 3 N–H and O–H groups in total. The van der Waals surface area contributed by atoms with Crippen molar-refractivity contribution in [3.05, 3.63) is 69.2 Å². The van der Waals surface area contributed by atoms with Crippen LogP contribution >= 0.6 is 27.5 Å². The topological polar surface area (TPSA) is 134 Å². The molecule has 1 heterocycles. The first-order valence-corrected chi connectivity index (χ1v) is 10.8. The Morgan fingerprint density at radius 1 is 0.970 bits per heavy atom. The van der Waals surface area contributed by atoms with Crippen molar-refractivity contribution in [1.82, 2.24) is 21.3 Å². The third-order valence-electron chi connectivity index (χ3n) is 4.57. The maximum atomic E-state index is 12.3. The number of hydrazine groups is 2. The van der Waals surface area contributed by atoms with Gasteiger partial charge in [-0.3, -0.25) is 45.3 Å². The summed E-state index contributed by atoms with van der Waals surface area (Å²) in [5.74, 6) is -3.93. The van der Waals surface area contributed by atoms with E-state index in [0.717, 1.165) is 9.48 Å². The zero-order chi connectivity index (χ0) is 24.0. The Kier molecular flexibility index (Phi) is 8.01. The van der Waals surface area contributed by atoms with Gasteiger partial charge in [-0.2, -0.15) is 0 Å². The standard InChI is InChI=1S/C21H18BrClN4O6/c22-15-5-1-13(2-6-15)20(31)26-27-10-14(9-18(27)29)21(32)33-11-17(28)24-25-19(30)12-3-7-16(23)8-4-12/h1-8,14H,9-11H2,(H,24,28)(H,25,30)(H,26,31)/t14-/m1/s1. The first-order valence-electron chi connectivity index (χ1n) is 9.61. The van der Waals surface area contributed by atoms with E-state index in [2.05, 4.69) is 32.2 Å². The molecule has 172 valence electrons. The van der Waals surface area contributed by atoms with Crippen LogP contribution in [0.5, 0.6) is 0 Å². The van der Waals surface area contributed by atoms with Crippen LogP contribution in [0.3, 0.4) is 0 Å². The molecule has 3 rings (SSSR count). The van der Waals surface area contributed by atoms with Crippen LogP contribution in [0.1, 0.15) is 27.1 Å². The third kappa shape index (κ3) is 6.77. The van der Waals surface area contributed by atoms with Gasteiger partial charge in [0, 0.05) is 27.0 Å². The third-order valence-corrected chi connectivity index (χ3v) is 5.35. The number of ether oxygens (including phenoxy) is 1. The van der Waals surface area contributed by atoms with Crippen LogP contribution in [0.25, 0.3) is 0 Å². The van der Waals surface area contributed by atoms with Crippen LogP contribution in [0.2, 0.25) is 5.02 Å².